The van der Waals surface area contributed by atoms with Gasteiger partial charge in [-0.2, -0.15) is 0 Å². The summed E-state index contributed by atoms with van der Waals surface area (Å²) >= 11 is 0. The molecule has 0 aliphatic carbocycles. The molecule has 2 aromatic rings. The van der Waals surface area contributed by atoms with E-state index in [1.165, 1.54) is 0 Å². The molecule has 0 saturated carbocycles. The lowest BCUT2D eigenvalue weighted by molar-refractivity contribution is -0.160. The van der Waals surface area contributed by atoms with Crippen molar-refractivity contribution >= 4 is 20.9 Å². The number of nitrogens with zero attached hydrogens (tertiary/aromatic N) is 3. The molecule has 1 unspecified atom stereocenters. The SMILES string of the molecule is Cc1cnc(CCC(N)=O)[nH]1.O=[P+]([O-])P(=O)(O)O.[C-]#[N+]CCc1ncc(C)[nH]1. The average Bonchev–Trinajstić information content (AvgIpc) is 3.19. The fourth-order valence-electron chi connectivity index (χ4n) is 1.59. The van der Waals surface area contributed by atoms with Crippen molar-refractivity contribution in [2.24, 2.45) is 5.73 Å². The van der Waals surface area contributed by atoms with Crippen LogP contribution >= 0.6 is 15.0 Å². The molecule has 6 N–H and O–H groups in total. The molecule has 2 heterocycles. The zero-order valence-corrected chi connectivity index (χ0v) is 17.1. The number of aromatic amines is 2. The monoisotopic (exact) mass is 432 g/mol. The Hall–Kier alpha value is -2.41. The van der Waals surface area contributed by atoms with Gasteiger partial charge < -0.3 is 25.4 Å². The fraction of sp³-hybridized carbons (Fsp3) is 0.429. The summed E-state index contributed by atoms with van der Waals surface area (Å²) in [5.41, 5.74) is 7.03. The topological polar surface area (TPSA) is 202 Å². The number of carbonyl (C=O) groups excluding carboxylic acids is 1. The Morgan fingerprint density at radius 1 is 1.25 bits per heavy atom. The Bertz CT molecular complexity index is 853. The summed E-state index contributed by atoms with van der Waals surface area (Å²) in [7, 11) is -8.36. The fourth-order valence-corrected chi connectivity index (χ4v) is 1.59. The van der Waals surface area contributed by atoms with E-state index in [-0.39, 0.29) is 5.91 Å². The molecular weight excluding hydrogens is 410 g/mol. The number of primary amides is 1. The summed E-state index contributed by atoms with van der Waals surface area (Å²) in [5.74, 6) is 1.44. The van der Waals surface area contributed by atoms with Gasteiger partial charge >= 0.3 is 15.0 Å². The molecule has 14 heteroatoms. The first-order valence-corrected chi connectivity index (χ1v) is 11.3. The van der Waals surface area contributed by atoms with Crippen molar-refractivity contribution < 1.29 is 28.6 Å². The number of aromatic nitrogens is 4. The number of nitrogens with two attached hydrogens (primary N) is 1. The third-order valence-electron chi connectivity index (χ3n) is 2.79. The Kier molecular flexibility index (Phi) is 11.8. The molecule has 0 saturated heterocycles. The van der Waals surface area contributed by atoms with Crippen LogP contribution < -0.4 is 10.6 Å². The van der Waals surface area contributed by atoms with Crippen LogP contribution in [0, 0.1) is 20.4 Å². The predicted octanol–water partition coefficient (Wildman–Crippen LogP) is 0.498. The lowest BCUT2D eigenvalue weighted by Crippen LogP contribution is -2.11. The molecular formula is C14H22N6O6P2. The van der Waals surface area contributed by atoms with Gasteiger partial charge in [-0.1, -0.05) is 4.57 Å². The minimum Gasteiger partial charge on any atom is -0.588 e. The number of H-pyrrole nitrogens is 2. The lowest BCUT2D eigenvalue weighted by atomic mass is 10.3. The smallest absolute Gasteiger partial charge is 0.561 e. The summed E-state index contributed by atoms with van der Waals surface area (Å²) in [4.78, 5) is 52.3. The van der Waals surface area contributed by atoms with Crippen molar-refractivity contribution in [2.75, 3.05) is 6.54 Å². The average molecular weight is 432 g/mol. The molecule has 0 aliphatic heterocycles. The van der Waals surface area contributed by atoms with Crippen LogP contribution in [0.3, 0.4) is 0 Å². The molecule has 154 valence electrons. The second-order valence-electron chi connectivity index (χ2n) is 5.37. The van der Waals surface area contributed by atoms with Gasteiger partial charge in [-0.3, -0.25) is 14.6 Å². The van der Waals surface area contributed by atoms with Crippen LogP contribution in [0.2, 0.25) is 0 Å². The van der Waals surface area contributed by atoms with Gasteiger partial charge in [0.05, 0.1) is 6.42 Å². The lowest BCUT2D eigenvalue weighted by Gasteiger charge is -1.91. The molecule has 0 radical (unpaired) electrons. The predicted molar refractivity (Wildman–Crippen MR) is 99.0 cm³/mol. The molecule has 0 bridgehead atoms. The molecule has 2 rings (SSSR count). The minimum absolute atomic E-state index is 0.293. The van der Waals surface area contributed by atoms with Crippen LogP contribution in [0.5, 0.6) is 0 Å². The number of rotatable bonds is 6. The molecule has 1 atom stereocenters. The van der Waals surface area contributed by atoms with E-state index in [1.54, 1.807) is 12.4 Å². The third-order valence-corrected chi connectivity index (χ3v) is 4.49. The van der Waals surface area contributed by atoms with E-state index in [0.29, 0.717) is 19.4 Å². The van der Waals surface area contributed by atoms with Gasteiger partial charge in [0.2, 0.25) is 12.5 Å². The molecule has 0 fully saturated rings. The first kappa shape index (κ1) is 25.6. The highest BCUT2D eigenvalue weighted by Gasteiger charge is 2.30. The highest BCUT2D eigenvalue weighted by Crippen LogP contribution is 2.56. The second-order valence-corrected chi connectivity index (χ2v) is 9.42. The zero-order chi connectivity index (χ0) is 21.7. The standard InChI is InChI=1S/C7H11N3O.C7H9N3.H2O5P2/c1-5-4-9-7(10-5)3-2-6(8)11;1-6-5-9-7(10-6)3-4-8-2;1-6(2)7(3,4)5/h4H,2-3H2,1H3,(H2,8,11)(H,9,10);5H,3-4H2,1H3,(H,9,10);(H2,3,4,5). The molecule has 12 nitrogen and oxygen atoms in total. The number of aryl methyl sites for hydroxylation is 3. The van der Waals surface area contributed by atoms with Crippen molar-refractivity contribution in [2.45, 2.75) is 33.1 Å². The summed E-state index contributed by atoms with van der Waals surface area (Å²) in [5, 5.41) is 0. The van der Waals surface area contributed by atoms with Crippen molar-refractivity contribution in [1.82, 2.24) is 19.9 Å². The van der Waals surface area contributed by atoms with E-state index in [2.05, 4.69) is 24.8 Å². The first-order valence-electron chi connectivity index (χ1n) is 7.78. The van der Waals surface area contributed by atoms with Gasteiger partial charge in [0.25, 0.3) is 0 Å². The van der Waals surface area contributed by atoms with Gasteiger partial charge in [-0.25, -0.2) is 21.1 Å². The van der Waals surface area contributed by atoms with E-state index < -0.39 is 15.0 Å². The number of imidazole rings is 2. The highest BCUT2D eigenvalue weighted by molar-refractivity contribution is 8.19. The summed E-state index contributed by atoms with van der Waals surface area (Å²) in [6.07, 6.45) is 5.20. The number of carbonyl (C=O) groups is 1. The number of hydrogen-bond donors (Lipinski definition) is 5. The van der Waals surface area contributed by atoms with Crippen LogP contribution in [0.25, 0.3) is 4.85 Å². The Morgan fingerprint density at radius 2 is 1.68 bits per heavy atom. The third kappa shape index (κ3) is 12.9. The molecule has 1 amide bonds. The van der Waals surface area contributed by atoms with Crippen molar-refractivity contribution in [1.29, 1.82) is 0 Å². The molecule has 0 spiro atoms. The summed E-state index contributed by atoms with van der Waals surface area (Å²) in [6, 6.07) is 0. The van der Waals surface area contributed by atoms with Crippen LogP contribution in [-0.2, 0) is 26.8 Å². The normalized spacial score (nSPS) is 10.6. The van der Waals surface area contributed by atoms with E-state index in [9.17, 15) is 18.8 Å². The number of amides is 1. The molecule has 0 aliphatic rings. The van der Waals surface area contributed by atoms with Crippen molar-refractivity contribution in [3.05, 3.63) is 46.8 Å². The van der Waals surface area contributed by atoms with E-state index >= 15 is 0 Å². The second kappa shape index (κ2) is 12.9. The molecule has 28 heavy (non-hydrogen) atoms. The largest absolute Gasteiger partial charge is 0.588 e. The van der Waals surface area contributed by atoms with Crippen LogP contribution in [0.15, 0.2) is 12.4 Å². The van der Waals surface area contributed by atoms with Crippen LogP contribution in [0.1, 0.15) is 29.5 Å². The minimum atomic E-state index is -4.78. The summed E-state index contributed by atoms with van der Waals surface area (Å²) in [6.45, 7) is 10.9. The summed E-state index contributed by atoms with van der Waals surface area (Å²) < 4.78 is 18.7. The maximum atomic E-state index is 10.4. The van der Waals surface area contributed by atoms with Gasteiger partial charge in [-0.15, -0.1) is 0 Å². The van der Waals surface area contributed by atoms with Crippen molar-refractivity contribution in [3.63, 3.8) is 0 Å². The van der Waals surface area contributed by atoms with Crippen LogP contribution in [-0.4, -0.2) is 42.2 Å². The molecule has 0 aromatic carbocycles. The Morgan fingerprint density at radius 3 is 1.96 bits per heavy atom. The number of nitrogens with one attached hydrogen (secondary N) is 2. The van der Waals surface area contributed by atoms with Gasteiger partial charge in [0.15, 0.2) is 0 Å². The Balaban J connectivity index is 0.000000402. The van der Waals surface area contributed by atoms with Gasteiger partial charge in [0.1, 0.15) is 11.6 Å². The van der Waals surface area contributed by atoms with Crippen LogP contribution in [0.4, 0.5) is 0 Å². The van der Waals surface area contributed by atoms with Gasteiger partial charge in [-0.05, 0) is 13.8 Å². The first-order chi connectivity index (χ1) is 13.0. The maximum absolute atomic E-state index is 10.4. The quantitative estimate of drug-likeness (QED) is 0.320. The van der Waals surface area contributed by atoms with Gasteiger partial charge in [0, 0.05) is 36.6 Å². The maximum Gasteiger partial charge on any atom is 0.561 e. The van der Waals surface area contributed by atoms with E-state index in [4.69, 9.17) is 22.1 Å². The zero-order valence-electron chi connectivity index (χ0n) is 15.3. The van der Waals surface area contributed by atoms with Crippen molar-refractivity contribution in [3.8, 4) is 0 Å². The Labute approximate surface area is 162 Å². The number of hydrogen-bond acceptors (Lipinski definition) is 6. The van der Waals surface area contributed by atoms with E-state index in [0.717, 1.165) is 29.5 Å². The molecule has 2 aromatic heterocycles. The highest BCUT2D eigenvalue weighted by atomic mass is 32.1. The van der Waals surface area contributed by atoms with E-state index in [1.807, 2.05) is 13.8 Å².